The molecule has 78 valence electrons. The van der Waals surface area contributed by atoms with Gasteiger partial charge in [0, 0.05) is 0 Å². The average Bonchev–Trinajstić information content (AvgIpc) is 2.14. The normalized spacial score (nSPS) is 11.7. The van der Waals surface area contributed by atoms with E-state index >= 15 is 0 Å². The lowest BCUT2D eigenvalue weighted by Gasteiger charge is -2.14. The van der Waals surface area contributed by atoms with Crippen LogP contribution in [0.4, 0.5) is 12.9 Å². The molecule has 0 amide bonds. The summed E-state index contributed by atoms with van der Waals surface area (Å²) in [5.41, 5.74) is 0.473. The minimum atomic E-state index is -4.83. The first kappa shape index (κ1) is 11.2. The molecule has 0 unspecified atom stereocenters. The molecule has 1 aromatic rings. The molecule has 0 atom stereocenters. The standard InChI is InChI=1S/C10H13BF3/c1-2-3-4-9-5-7-10(8-6-9)11(12,13)14/h5-8H,2-4H2,1H3/q-1. The van der Waals surface area contributed by atoms with Crippen molar-refractivity contribution in [1.82, 2.24) is 0 Å². The van der Waals surface area contributed by atoms with Crippen LogP contribution in [0.15, 0.2) is 24.3 Å². The van der Waals surface area contributed by atoms with E-state index in [0.717, 1.165) is 24.8 Å². The summed E-state index contributed by atoms with van der Waals surface area (Å²) in [5, 5.41) is 0. The van der Waals surface area contributed by atoms with E-state index in [9.17, 15) is 12.9 Å². The first-order valence-electron chi connectivity index (χ1n) is 4.83. The van der Waals surface area contributed by atoms with Crippen molar-refractivity contribution in [3.05, 3.63) is 29.8 Å². The zero-order valence-corrected chi connectivity index (χ0v) is 8.14. The molecule has 0 fully saturated rings. The number of unbranched alkanes of at least 4 members (excludes halogenated alkanes) is 1. The van der Waals surface area contributed by atoms with Crippen LogP contribution in [-0.4, -0.2) is 6.98 Å². The molecule has 0 aliphatic rings. The topological polar surface area (TPSA) is 0 Å². The predicted octanol–water partition coefficient (Wildman–Crippen LogP) is 3.08. The zero-order chi connectivity index (χ0) is 10.6. The van der Waals surface area contributed by atoms with Gasteiger partial charge in [0.2, 0.25) is 0 Å². The summed E-state index contributed by atoms with van der Waals surface area (Å²) in [5.74, 6) is 0. The molecular weight excluding hydrogens is 188 g/mol. The van der Waals surface area contributed by atoms with Gasteiger partial charge in [0.1, 0.15) is 0 Å². The van der Waals surface area contributed by atoms with E-state index in [2.05, 4.69) is 6.92 Å². The summed E-state index contributed by atoms with van der Waals surface area (Å²) in [7, 11) is 0. The highest BCUT2D eigenvalue weighted by Crippen LogP contribution is 2.10. The molecule has 0 spiro atoms. The van der Waals surface area contributed by atoms with E-state index in [-0.39, 0.29) is 0 Å². The highest BCUT2D eigenvalue weighted by atomic mass is 19.4. The van der Waals surface area contributed by atoms with Crippen molar-refractivity contribution < 1.29 is 12.9 Å². The fraction of sp³-hybridized carbons (Fsp3) is 0.400. The summed E-state index contributed by atoms with van der Waals surface area (Å²) in [6.45, 7) is -2.77. The van der Waals surface area contributed by atoms with E-state index < -0.39 is 12.4 Å². The number of halogens is 3. The van der Waals surface area contributed by atoms with Gasteiger partial charge in [-0.2, -0.15) is 0 Å². The van der Waals surface area contributed by atoms with Gasteiger partial charge in [-0.25, -0.2) is 0 Å². The summed E-state index contributed by atoms with van der Waals surface area (Å²) in [6, 6.07) is 5.48. The van der Waals surface area contributed by atoms with Gasteiger partial charge in [0.25, 0.3) is 0 Å². The highest BCUT2D eigenvalue weighted by molar-refractivity contribution is 6.73. The molecule has 0 bridgehead atoms. The monoisotopic (exact) mass is 201 g/mol. The van der Waals surface area contributed by atoms with Crippen molar-refractivity contribution in [2.75, 3.05) is 0 Å². The number of benzene rings is 1. The molecule has 0 saturated carbocycles. The van der Waals surface area contributed by atoms with Crippen LogP contribution < -0.4 is 5.46 Å². The lowest BCUT2D eigenvalue weighted by molar-refractivity contribution is 0.501. The van der Waals surface area contributed by atoms with Crippen LogP contribution in [0.1, 0.15) is 25.3 Å². The van der Waals surface area contributed by atoms with Gasteiger partial charge >= 0.3 is 6.98 Å². The van der Waals surface area contributed by atoms with Gasteiger partial charge in [-0.15, -0.1) is 5.46 Å². The lowest BCUT2D eigenvalue weighted by Crippen LogP contribution is -2.33. The maximum Gasteiger partial charge on any atom is 0.509 e. The molecule has 0 heterocycles. The highest BCUT2D eigenvalue weighted by Gasteiger charge is 2.24. The Morgan fingerprint density at radius 2 is 1.64 bits per heavy atom. The van der Waals surface area contributed by atoms with Crippen molar-refractivity contribution in [3.8, 4) is 0 Å². The van der Waals surface area contributed by atoms with Crippen molar-refractivity contribution in [2.24, 2.45) is 0 Å². The zero-order valence-electron chi connectivity index (χ0n) is 8.14. The first-order valence-corrected chi connectivity index (χ1v) is 4.83. The third-order valence-corrected chi connectivity index (χ3v) is 2.18. The molecule has 0 saturated heterocycles. The van der Waals surface area contributed by atoms with Gasteiger partial charge < -0.3 is 12.9 Å². The molecule has 0 aliphatic heterocycles. The van der Waals surface area contributed by atoms with Crippen molar-refractivity contribution >= 4 is 12.4 Å². The van der Waals surface area contributed by atoms with Crippen molar-refractivity contribution in [2.45, 2.75) is 26.2 Å². The second-order valence-corrected chi connectivity index (χ2v) is 3.42. The number of hydrogen-bond acceptors (Lipinski definition) is 0. The Morgan fingerprint density at radius 3 is 2.07 bits per heavy atom. The lowest BCUT2D eigenvalue weighted by atomic mass is 9.80. The Hall–Kier alpha value is -0.925. The summed E-state index contributed by atoms with van der Waals surface area (Å²) >= 11 is 0. The second-order valence-electron chi connectivity index (χ2n) is 3.42. The molecule has 1 rings (SSSR count). The quantitative estimate of drug-likeness (QED) is 0.656. The van der Waals surface area contributed by atoms with Gasteiger partial charge in [0.05, 0.1) is 0 Å². The van der Waals surface area contributed by atoms with Crippen molar-refractivity contribution in [3.63, 3.8) is 0 Å². The molecular formula is C10H13BF3-. The van der Waals surface area contributed by atoms with E-state index in [1.165, 1.54) is 12.1 Å². The van der Waals surface area contributed by atoms with Crippen LogP contribution in [0.25, 0.3) is 0 Å². The van der Waals surface area contributed by atoms with Crippen LogP contribution in [-0.2, 0) is 6.42 Å². The molecule has 14 heavy (non-hydrogen) atoms. The van der Waals surface area contributed by atoms with Crippen LogP contribution >= 0.6 is 0 Å². The summed E-state index contributed by atoms with van der Waals surface area (Å²) in [4.78, 5) is 0. The smallest absolute Gasteiger partial charge is 0.445 e. The molecule has 4 heteroatoms. The molecule has 0 aromatic heterocycles. The Kier molecular flexibility index (Phi) is 3.61. The van der Waals surface area contributed by atoms with Crippen LogP contribution in [0.2, 0.25) is 0 Å². The largest absolute Gasteiger partial charge is 0.509 e. The minimum absolute atomic E-state index is 0.509. The van der Waals surface area contributed by atoms with E-state index in [1.807, 2.05) is 0 Å². The van der Waals surface area contributed by atoms with Crippen LogP contribution in [0, 0.1) is 0 Å². The Balaban J connectivity index is 2.69. The summed E-state index contributed by atoms with van der Waals surface area (Å²) < 4.78 is 36.7. The maximum atomic E-state index is 12.2. The van der Waals surface area contributed by atoms with Crippen LogP contribution in [0.3, 0.4) is 0 Å². The fourth-order valence-electron chi connectivity index (χ4n) is 1.28. The predicted molar refractivity (Wildman–Crippen MR) is 53.8 cm³/mol. The number of aryl methyl sites for hydroxylation is 1. The van der Waals surface area contributed by atoms with Gasteiger partial charge in [0.15, 0.2) is 0 Å². The SMILES string of the molecule is CCCCc1ccc([B-](F)(F)F)cc1. The Labute approximate surface area is 82.2 Å². The Morgan fingerprint density at radius 1 is 1.07 bits per heavy atom. The maximum absolute atomic E-state index is 12.2. The van der Waals surface area contributed by atoms with Crippen molar-refractivity contribution in [1.29, 1.82) is 0 Å². The fourth-order valence-corrected chi connectivity index (χ4v) is 1.28. The second kappa shape index (κ2) is 4.53. The third kappa shape index (κ3) is 3.09. The first-order chi connectivity index (χ1) is 6.54. The van der Waals surface area contributed by atoms with Crippen LogP contribution in [0.5, 0.6) is 0 Å². The van der Waals surface area contributed by atoms with E-state index in [1.54, 1.807) is 12.1 Å². The van der Waals surface area contributed by atoms with Gasteiger partial charge in [-0.1, -0.05) is 37.6 Å². The Bertz CT molecular complexity index is 276. The molecule has 0 N–H and O–H groups in total. The summed E-state index contributed by atoms with van der Waals surface area (Å²) in [6.07, 6.45) is 2.95. The molecule has 0 aliphatic carbocycles. The van der Waals surface area contributed by atoms with Gasteiger partial charge in [-0.3, -0.25) is 0 Å². The minimum Gasteiger partial charge on any atom is -0.445 e. The number of rotatable bonds is 4. The molecule has 0 radical (unpaired) electrons. The number of hydrogen-bond donors (Lipinski definition) is 0. The molecule has 1 aromatic carbocycles. The van der Waals surface area contributed by atoms with Gasteiger partial charge in [-0.05, 0) is 18.4 Å². The third-order valence-electron chi connectivity index (χ3n) is 2.18. The van der Waals surface area contributed by atoms with E-state index in [4.69, 9.17) is 0 Å². The van der Waals surface area contributed by atoms with E-state index in [0.29, 0.717) is 0 Å². The average molecular weight is 201 g/mol. The molecule has 0 nitrogen and oxygen atoms in total.